The lowest BCUT2D eigenvalue weighted by atomic mass is 10.0. The van der Waals surface area contributed by atoms with Crippen LogP contribution in [0.2, 0.25) is 0 Å². The highest BCUT2D eigenvalue weighted by atomic mass is 32.2. The van der Waals surface area contributed by atoms with Gasteiger partial charge in [0.05, 0.1) is 23.4 Å². The summed E-state index contributed by atoms with van der Waals surface area (Å²) in [5.74, 6) is -0.134. The zero-order valence-electron chi connectivity index (χ0n) is 12.3. The molecule has 21 heavy (non-hydrogen) atoms. The summed E-state index contributed by atoms with van der Waals surface area (Å²) in [4.78, 5) is 11.7. The van der Waals surface area contributed by atoms with Crippen LogP contribution in [0.3, 0.4) is 0 Å². The molecular weight excluding hydrogens is 294 g/mol. The number of benzene rings is 1. The van der Waals surface area contributed by atoms with E-state index in [1.165, 1.54) is 25.3 Å². The lowest BCUT2D eigenvalue weighted by Gasteiger charge is -2.20. The number of hydrogen-bond donors (Lipinski definition) is 3. The third-order valence-corrected chi connectivity index (χ3v) is 3.79. The molecule has 1 unspecified atom stereocenters. The predicted octanol–water partition coefficient (Wildman–Crippen LogP) is 0.916. The predicted molar refractivity (Wildman–Crippen MR) is 81.1 cm³/mol. The van der Waals surface area contributed by atoms with Gasteiger partial charge in [0.25, 0.3) is 0 Å². The van der Waals surface area contributed by atoms with Crippen molar-refractivity contribution in [2.45, 2.75) is 31.2 Å². The van der Waals surface area contributed by atoms with Crippen LogP contribution in [0.1, 0.15) is 20.3 Å². The first-order valence-corrected chi connectivity index (χ1v) is 7.96. The van der Waals surface area contributed by atoms with Crippen LogP contribution in [0, 0.1) is 5.92 Å². The maximum atomic E-state index is 11.7. The third-order valence-electron chi connectivity index (χ3n) is 2.87. The number of methoxy groups -OCH3 is 1. The molecule has 1 aromatic rings. The van der Waals surface area contributed by atoms with Gasteiger partial charge in [0.15, 0.2) is 0 Å². The molecule has 0 aromatic heterocycles. The van der Waals surface area contributed by atoms with Gasteiger partial charge >= 0.3 is 5.97 Å². The van der Waals surface area contributed by atoms with Crippen molar-refractivity contribution in [1.29, 1.82) is 0 Å². The number of primary sulfonamides is 1. The van der Waals surface area contributed by atoms with Crippen LogP contribution < -0.4 is 16.2 Å². The van der Waals surface area contributed by atoms with Crippen molar-refractivity contribution < 1.29 is 17.9 Å². The van der Waals surface area contributed by atoms with Gasteiger partial charge in [0, 0.05) is 0 Å². The minimum atomic E-state index is -3.81. The van der Waals surface area contributed by atoms with Crippen molar-refractivity contribution in [2.24, 2.45) is 11.1 Å². The molecule has 1 rings (SSSR count). The summed E-state index contributed by atoms with van der Waals surface area (Å²) in [6, 6.07) is 3.50. The zero-order chi connectivity index (χ0) is 16.2. The average molecular weight is 315 g/mol. The van der Waals surface area contributed by atoms with Crippen LogP contribution in [0.5, 0.6) is 0 Å². The van der Waals surface area contributed by atoms with Crippen molar-refractivity contribution in [1.82, 2.24) is 0 Å². The quantitative estimate of drug-likeness (QED) is 0.529. The largest absolute Gasteiger partial charge is 0.467 e. The second-order valence-electron chi connectivity index (χ2n) is 5.14. The Balaban J connectivity index is 3.02. The third kappa shape index (κ3) is 4.91. The number of esters is 1. The molecule has 0 aliphatic carbocycles. The van der Waals surface area contributed by atoms with Crippen LogP contribution >= 0.6 is 0 Å². The first-order valence-electron chi connectivity index (χ1n) is 6.41. The summed E-state index contributed by atoms with van der Waals surface area (Å²) in [5.41, 5.74) is 6.45. The Kier molecular flexibility index (Phi) is 5.56. The average Bonchev–Trinajstić information content (AvgIpc) is 2.37. The van der Waals surface area contributed by atoms with Gasteiger partial charge in [-0.05, 0) is 30.5 Å². The number of nitrogen functional groups attached to an aromatic ring is 1. The number of nitrogens with two attached hydrogens (primary N) is 2. The van der Waals surface area contributed by atoms with Gasteiger partial charge in [0.2, 0.25) is 10.0 Å². The molecule has 8 heteroatoms. The van der Waals surface area contributed by atoms with Crippen molar-refractivity contribution in [2.75, 3.05) is 18.2 Å². The molecule has 0 heterocycles. The molecule has 0 amide bonds. The Labute approximate surface area is 124 Å². The van der Waals surface area contributed by atoms with Gasteiger partial charge in [-0.25, -0.2) is 18.4 Å². The number of anilines is 2. The normalized spacial score (nSPS) is 13.0. The molecule has 0 radical (unpaired) electrons. The monoisotopic (exact) mass is 315 g/mol. The zero-order valence-corrected chi connectivity index (χ0v) is 13.1. The van der Waals surface area contributed by atoms with Gasteiger partial charge in [-0.3, -0.25) is 0 Å². The van der Waals surface area contributed by atoms with E-state index in [9.17, 15) is 13.2 Å². The summed E-state index contributed by atoms with van der Waals surface area (Å²) in [6.45, 7) is 3.95. The van der Waals surface area contributed by atoms with E-state index >= 15 is 0 Å². The van der Waals surface area contributed by atoms with Crippen LogP contribution in [0.25, 0.3) is 0 Å². The number of rotatable bonds is 6. The highest BCUT2D eigenvalue weighted by Gasteiger charge is 2.21. The minimum Gasteiger partial charge on any atom is -0.467 e. The molecule has 0 spiro atoms. The number of nitrogens with one attached hydrogen (secondary N) is 1. The Morgan fingerprint density at radius 3 is 2.43 bits per heavy atom. The summed E-state index contributed by atoms with van der Waals surface area (Å²) in [5, 5.41) is 8.01. The first kappa shape index (κ1) is 17.3. The highest BCUT2D eigenvalue weighted by Crippen LogP contribution is 2.24. The van der Waals surface area contributed by atoms with E-state index in [2.05, 4.69) is 5.32 Å². The summed E-state index contributed by atoms with van der Waals surface area (Å²) in [7, 11) is -2.50. The molecule has 1 aromatic carbocycles. The number of hydrogen-bond acceptors (Lipinski definition) is 6. The first-order chi connectivity index (χ1) is 9.65. The number of carbonyl (C=O) groups excluding carboxylic acids is 1. The van der Waals surface area contributed by atoms with E-state index in [1.54, 1.807) is 0 Å². The molecule has 7 nitrogen and oxygen atoms in total. The Bertz CT molecular complexity index is 614. The fraction of sp³-hybridized carbons (Fsp3) is 0.462. The molecule has 0 bridgehead atoms. The summed E-state index contributed by atoms with van der Waals surface area (Å²) < 4.78 is 27.2. The van der Waals surface area contributed by atoms with E-state index in [-0.39, 0.29) is 16.5 Å². The Morgan fingerprint density at radius 2 is 2.00 bits per heavy atom. The van der Waals surface area contributed by atoms with Crippen LogP contribution in [-0.4, -0.2) is 27.5 Å². The lowest BCUT2D eigenvalue weighted by molar-refractivity contribution is -0.141. The van der Waals surface area contributed by atoms with E-state index in [4.69, 9.17) is 15.6 Å². The molecular formula is C13H21N3O4S. The molecule has 5 N–H and O–H groups in total. The van der Waals surface area contributed by atoms with Gasteiger partial charge in [-0.1, -0.05) is 13.8 Å². The Hall–Kier alpha value is -1.80. The molecule has 0 saturated heterocycles. The van der Waals surface area contributed by atoms with E-state index in [0.717, 1.165) is 0 Å². The number of sulfonamides is 1. The van der Waals surface area contributed by atoms with Crippen molar-refractivity contribution in [3.05, 3.63) is 18.2 Å². The van der Waals surface area contributed by atoms with Gasteiger partial charge in [-0.15, -0.1) is 0 Å². The lowest BCUT2D eigenvalue weighted by Crippen LogP contribution is -2.32. The summed E-state index contributed by atoms with van der Waals surface area (Å²) >= 11 is 0. The fourth-order valence-electron chi connectivity index (χ4n) is 1.86. The summed E-state index contributed by atoms with van der Waals surface area (Å²) in [6.07, 6.45) is 0.559. The second-order valence-corrected chi connectivity index (χ2v) is 6.71. The second kappa shape index (κ2) is 6.77. The minimum absolute atomic E-state index is 0.0796. The molecule has 0 aliphatic heterocycles. The maximum absolute atomic E-state index is 11.7. The van der Waals surface area contributed by atoms with Crippen molar-refractivity contribution in [3.8, 4) is 0 Å². The number of ether oxygens (including phenoxy) is 1. The van der Waals surface area contributed by atoms with Crippen LogP contribution in [-0.2, 0) is 19.6 Å². The molecule has 0 saturated carbocycles. The van der Waals surface area contributed by atoms with Gasteiger partial charge < -0.3 is 15.8 Å². The molecule has 1 atom stereocenters. The van der Waals surface area contributed by atoms with Gasteiger partial charge in [-0.2, -0.15) is 0 Å². The van der Waals surface area contributed by atoms with Crippen LogP contribution in [0.15, 0.2) is 23.1 Å². The van der Waals surface area contributed by atoms with E-state index < -0.39 is 22.0 Å². The van der Waals surface area contributed by atoms with Gasteiger partial charge in [0.1, 0.15) is 6.04 Å². The Morgan fingerprint density at radius 1 is 1.38 bits per heavy atom. The standard InChI is InChI=1S/C13H21N3O4S/c1-8(2)6-12(13(17)20-3)16-11-5-4-9(7-10(11)14)21(15,18)19/h4-5,7-8,12,16H,6,14H2,1-3H3,(H2,15,18,19). The smallest absolute Gasteiger partial charge is 0.328 e. The maximum Gasteiger partial charge on any atom is 0.328 e. The topological polar surface area (TPSA) is 125 Å². The molecule has 118 valence electrons. The fourth-order valence-corrected chi connectivity index (χ4v) is 2.41. The molecule has 0 aliphatic rings. The van der Waals surface area contributed by atoms with Crippen molar-refractivity contribution in [3.63, 3.8) is 0 Å². The van der Waals surface area contributed by atoms with Crippen molar-refractivity contribution >= 4 is 27.4 Å². The highest BCUT2D eigenvalue weighted by molar-refractivity contribution is 7.89. The number of carbonyl (C=O) groups is 1. The van der Waals surface area contributed by atoms with E-state index in [1.807, 2.05) is 13.8 Å². The van der Waals surface area contributed by atoms with E-state index in [0.29, 0.717) is 12.1 Å². The van der Waals surface area contributed by atoms with Crippen LogP contribution in [0.4, 0.5) is 11.4 Å². The SMILES string of the molecule is COC(=O)C(CC(C)C)Nc1ccc(S(N)(=O)=O)cc1N. The molecule has 0 fully saturated rings.